The van der Waals surface area contributed by atoms with Crippen LogP contribution in [-0.4, -0.2) is 34.4 Å². The fourth-order valence-corrected chi connectivity index (χ4v) is 1.31. The van der Waals surface area contributed by atoms with Crippen LogP contribution in [0.2, 0.25) is 0 Å². The van der Waals surface area contributed by atoms with E-state index < -0.39 is 5.41 Å². The van der Waals surface area contributed by atoms with Crippen LogP contribution in [0.4, 0.5) is 0 Å². The zero-order chi connectivity index (χ0) is 12.9. The van der Waals surface area contributed by atoms with Crippen LogP contribution in [0.1, 0.15) is 41.0 Å². The minimum Gasteiger partial charge on any atom is -0.409 e. The molecule has 0 aliphatic carbocycles. The van der Waals surface area contributed by atoms with Crippen molar-refractivity contribution in [3.63, 3.8) is 0 Å². The highest BCUT2D eigenvalue weighted by molar-refractivity contribution is 5.83. The molecule has 0 bridgehead atoms. The number of nitrogens with two attached hydrogens (primary N) is 1. The van der Waals surface area contributed by atoms with E-state index in [0.29, 0.717) is 13.0 Å². The second-order valence-corrected chi connectivity index (χ2v) is 5.18. The Morgan fingerprint density at radius 1 is 1.44 bits per heavy atom. The van der Waals surface area contributed by atoms with Gasteiger partial charge in [0.25, 0.3) is 0 Å². The molecule has 0 spiro atoms. The monoisotopic (exact) mass is 229 g/mol. The molecule has 0 aromatic carbocycles. The summed E-state index contributed by atoms with van der Waals surface area (Å²) in [6, 6.07) is 0.109. The van der Waals surface area contributed by atoms with Crippen LogP contribution in [0.3, 0.4) is 0 Å². The van der Waals surface area contributed by atoms with Crippen molar-refractivity contribution in [2.24, 2.45) is 16.3 Å². The van der Waals surface area contributed by atoms with E-state index in [4.69, 9.17) is 10.9 Å². The summed E-state index contributed by atoms with van der Waals surface area (Å²) < 4.78 is 0. The Kier molecular flexibility index (Phi) is 5.27. The van der Waals surface area contributed by atoms with E-state index in [1.165, 1.54) is 0 Å². The molecule has 0 aromatic heterocycles. The molecular weight excluding hydrogens is 206 g/mol. The molecule has 94 valence electrons. The molecule has 5 heteroatoms. The van der Waals surface area contributed by atoms with E-state index in [1.54, 1.807) is 4.90 Å². The highest BCUT2D eigenvalue weighted by Gasteiger charge is 2.28. The number of amides is 1. The number of hydrogen-bond acceptors (Lipinski definition) is 3. The quantitative estimate of drug-likeness (QED) is 0.331. The van der Waals surface area contributed by atoms with Gasteiger partial charge in [0.2, 0.25) is 5.91 Å². The first-order valence-electron chi connectivity index (χ1n) is 5.47. The molecule has 0 aliphatic rings. The summed E-state index contributed by atoms with van der Waals surface area (Å²) in [5, 5.41) is 11.3. The molecule has 5 nitrogen and oxygen atoms in total. The van der Waals surface area contributed by atoms with Crippen molar-refractivity contribution in [1.29, 1.82) is 0 Å². The van der Waals surface area contributed by atoms with Crippen LogP contribution in [0.5, 0.6) is 0 Å². The fraction of sp³-hybridized carbons (Fsp3) is 0.818. The zero-order valence-electron chi connectivity index (χ0n) is 10.8. The second-order valence-electron chi connectivity index (χ2n) is 5.18. The number of hydrogen-bond donors (Lipinski definition) is 2. The van der Waals surface area contributed by atoms with E-state index in [2.05, 4.69) is 5.16 Å². The van der Waals surface area contributed by atoms with Gasteiger partial charge < -0.3 is 15.8 Å². The summed E-state index contributed by atoms with van der Waals surface area (Å²) in [4.78, 5) is 13.8. The predicted molar refractivity (Wildman–Crippen MR) is 64.3 cm³/mol. The Labute approximate surface area is 97.3 Å². The molecule has 16 heavy (non-hydrogen) atoms. The molecule has 0 aliphatic heterocycles. The molecule has 0 aromatic rings. The molecule has 0 unspecified atom stereocenters. The smallest absolute Gasteiger partial charge is 0.228 e. The maximum atomic E-state index is 12.1. The lowest BCUT2D eigenvalue weighted by atomic mass is 9.94. The van der Waals surface area contributed by atoms with Gasteiger partial charge in [-0.3, -0.25) is 4.79 Å². The third-order valence-electron chi connectivity index (χ3n) is 2.26. The summed E-state index contributed by atoms with van der Waals surface area (Å²) in [6.45, 7) is 10.0. The van der Waals surface area contributed by atoms with Crippen molar-refractivity contribution in [3.8, 4) is 0 Å². The van der Waals surface area contributed by atoms with Crippen LogP contribution in [0.25, 0.3) is 0 Å². The Bertz CT molecular complexity index is 267. The molecular formula is C11H23N3O2. The van der Waals surface area contributed by atoms with Gasteiger partial charge in [-0.15, -0.1) is 0 Å². The van der Waals surface area contributed by atoms with E-state index in [0.717, 1.165) is 0 Å². The lowest BCUT2D eigenvalue weighted by molar-refractivity contribution is -0.141. The van der Waals surface area contributed by atoms with Crippen molar-refractivity contribution in [3.05, 3.63) is 0 Å². The van der Waals surface area contributed by atoms with Gasteiger partial charge in [0.15, 0.2) is 0 Å². The maximum absolute atomic E-state index is 12.1. The molecule has 1 amide bonds. The molecule has 0 radical (unpaired) electrons. The van der Waals surface area contributed by atoms with Crippen LogP contribution in [0.15, 0.2) is 5.16 Å². The summed E-state index contributed by atoms with van der Waals surface area (Å²) in [7, 11) is 0. The van der Waals surface area contributed by atoms with Gasteiger partial charge in [-0.1, -0.05) is 25.9 Å². The number of nitrogens with zero attached hydrogens (tertiary/aromatic N) is 2. The zero-order valence-corrected chi connectivity index (χ0v) is 10.8. The summed E-state index contributed by atoms with van der Waals surface area (Å²) >= 11 is 0. The molecule has 0 saturated carbocycles. The van der Waals surface area contributed by atoms with Crippen LogP contribution < -0.4 is 5.73 Å². The predicted octanol–water partition coefficient (Wildman–Crippen LogP) is 1.41. The molecule has 0 saturated heterocycles. The van der Waals surface area contributed by atoms with Crippen LogP contribution in [0, 0.1) is 5.41 Å². The van der Waals surface area contributed by atoms with Gasteiger partial charge in [-0.05, 0) is 13.8 Å². The van der Waals surface area contributed by atoms with Crippen molar-refractivity contribution < 1.29 is 10.0 Å². The first-order chi connectivity index (χ1) is 7.20. The lowest BCUT2D eigenvalue weighted by Gasteiger charge is -2.32. The third-order valence-corrected chi connectivity index (χ3v) is 2.26. The van der Waals surface area contributed by atoms with Crippen molar-refractivity contribution in [2.75, 3.05) is 6.54 Å². The maximum Gasteiger partial charge on any atom is 0.228 e. The topological polar surface area (TPSA) is 78.9 Å². The lowest BCUT2D eigenvalue weighted by Crippen LogP contribution is -2.44. The molecule has 0 rings (SSSR count). The van der Waals surface area contributed by atoms with E-state index in [-0.39, 0.29) is 17.8 Å². The number of carbonyl (C=O) groups excluding carboxylic acids is 1. The Morgan fingerprint density at radius 3 is 2.25 bits per heavy atom. The minimum absolute atomic E-state index is 0.0771. The van der Waals surface area contributed by atoms with E-state index in [9.17, 15) is 4.79 Å². The first-order valence-corrected chi connectivity index (χ1v) is 5.47. The molecule has 0 fully saturated rings. The largest absolute Gasteiger partial charge is 0.409 e. The van der Waals surface area contributed by atoms with Gasteiger partial charge in [0.1, 0.15) is 5.84 Å². The van der Waals surface area contributed by atoms with E-state index >= 15 is 0 Å². The van der Waals surface area contributed by atoms with Crippen molar-refractivity contribution >= 4 is 11.7 Å². The summed E-state index contributed by atoms with van der Waals surface area (Å²) in [5.74, 6) is 0.223. The average molecular weight is 229 g/mol. The Hall–Kier alpha value is -1.26. The second kappa shape index (κ2) is 5.72. The molecule has 0 atom stereocenters. The highest BCUT2D eigenvalue weighted by Crippen LogP contribution is 2.19. The van der Waals surface area contributed by atoms with E-state index in [1.807, 2.05) is 34.6 Å². The fourth-order valence-electron chi connectivity index (χ4n) is 1.31. The van der Waals surface area contributed by atoms with Crippen LogP contribution in [-0.2, 0) is 4.79 Å². The number of carbonyl (C=O) groups is 1. The van der Waals surface area contributed by atoms with Crippen molar-refractivity contribution in [1.82, 2.24) is 4.90 Å². The highest BCUT2D eigenvalue weighted by atomic mass is 16.4. The average Bonchev–Trinajstić information content (AvgIpc) is 2.15. The van der Waals surface area contributed by atoms with Gasteiger partial charge >= 0.3 is 0 Å². The standard InChI is InChI=1S/C11H23N3O2/c1-8(2)14(7-6-9(12)13-16)10(15)11(3,4)5/h8,16H,6-7H2,1-5H3,(H2,12,13). The SMILES string of the molecule is CC(C)N(CCC(N)=NO)C(=O)C(C)(C)C. The molecule has 3 N–H and O–H groups in total. The van der Waals surface area contributed by atoms with Crippen molar-refractivity contribution in [2.45, 2.75) is 47.1 Å². The number of amidine groups is 1. The van der Waals surface area contributed by atoms with Gasteiger partial charge in [-0.2, -0.15) is 0 Å². The molecule has 0 heterocycles. The first kappa shape index (κ1) is 14.7. The van der Waals surface area contributed by atoms with Gasteiger partial charge in [0, 0.05) is 24.4 Å². The Morgan fingerprint density at radius 2 is 1.94 bits per heavy atom. The van der Waals surface area contributed by atoms with Gasteiger partial charge in [-0.25, -0.2) is 0 Å². The number of rotatable bonds is 4. The minimum atomic E-state index is -0.407. The normalized spacial score (nSPS) is 13.0. The number of oxime groups is 1. The third kappa shape index (κ3) is 4.51. The summed E-state index contributed by atoms with van der Waals surface area (Å²) in [5.41, 5.74) is 4.99. The Balaban J connectivity index is 4.58. The summed E-state index contributed by atoms with van der Waals surface area (Å²) in [6.07, 6.45) is 0.385. The van der Waals surface area contributed by atoms with Crippen LogP contribution >= 0.6 is 0 Å². The van der Waals surface area contributed by atoms with Gasteiger partial charge in [0.05, 0.1) is 0 Å².